The second kappa shape index (κ2) is 9.03. The second-order valence-corrected chi connectivity index (χ2v) is 10.7. The average molecular weight is 393 g/mol. The van der Waals surface area contributed by atoms with Crippen LogP contribution >= 0.6 is 7.26 Å². The summed E-state index contributed by atoms with van der Waals surface area (Å²) in [4.78, 5) is 0. The molecule has 29 heavy (non-hydrogen) atoms. The highest BCUT2D eigenvalue weighted by molar-refractivity contribution is 7.95. The van der Waals surface area contributed by atoms with Gasteiger partial charge in [0.1, 0.15) is 23.2 Å². The maximum Gasteiger partial charge on any atom is 0.116 e. The predicted molar refractivity (Wildman–Crippen MR) is 129 cm³/mol. The van der Waals surface area contributed by atoms with Crippen molar-refractivity contribution in [2.75, 3.05) is 0 Å². The van der Waals surface area contributed by atoms with E-state index in [4.69, 9.17) is 0 Å². The minimum absolute atomic E-state index is 0.881. The lowest BCUT2D eigenvalue weighted by Gasteiger charge is -2.29. The Balaban J connectivity index is 2.05. The quantitative estimate of drug-likeness (QED) is 0.270. The predicted octanol–water partition coefficient (Wildman–Crippen LogP) is 5.91. The lowest BCUT2D eigenvalue weighted by Crippen LogP contribution is -2.34. The van der Waals surface area contributed by atoms with Gasteiger partial charge in [0.15, 0.2) is 0 Å². The first kappa shape index (κ1) is 19.4. The molecule has 4 aromatic carbocycles. The minimum Gasteiger partial charge on any atom is -0.103 e. The van der Waals surface area contributed by atoms with E-state index in [-0.39, 0.29) is 0 Å². The summed E-state index contributed by atoms with van der Waals surface area (Å²) in [7, 11) is -1.89. The molecule has 0 N–H and O–H groups in total. The molecule has 0 amide bonds. The van der Waals surface area contributed by atoms with Gasteiger partial charge in [0.25, 0.3) is 0 Å². The topological polar surface area (TPSA) is 0 Å². The first-order valence-corrected chi connectivity index (χ1v) is 12.0. The van der Waals surface area contributed by atoms with Crippen LogP contribution in [-0.2, 0) is 12.6 Å². The third kappa shape index (κ3) is 3.95. The van der Waals surface area contributed by atoms with Crippen molar-refractivity contribution in [1.29, 1.82) is 0 Å². The summed E-state index contributed by atoms with van der Waals surface area (Å²) < 4.78 is 0. The Labute approximate surface area is 174 Å². The molecule has 0 aliphatic carbocycles. The van der Waals surface area contributed by atoms with Gasteiger partial charge in [-0.1, -0.05) is 91.0 Å². The molecule has 0 spiro atoms. The van der Waals surface area contributed by atoms with Gasteiger partial charge >= 0.3 is 0 Å². The monoisotopic (exact) mass is 393 g/mol. The number of benzene rings is 4. The molecule has 4 rings (SSSR count). The zero-order valence-corrected chi connectivity index (χ0v) is 17.5. The van der Waals surface area contributed by atoms with E-state index in [0.29, 0.717) is 0 Å². The molecule has 0 aliphatic rings. The lowest BCUT2D eigenvalue weighted by atomic mass is 10.1. The smallest absolute Gasteiger partial charge is 0.103 e. The zero-order valence-electron chi connectivity index (χ0n) is 16.6. The first-order chi connectivity index (χ1) is 14.3. The van der Waals surface area contributed by atoms with Gasteiger partial charge in [-0.3, -0.25) is 0 Å². The van der Waals surface area contributed by atoms with Gasteiger partial charge in [0, 0.05) is 0 Å². The number of hydrogen-bond donors (Lipinski definition) is 0. The third-order valence-corrected chi connectivity index (χ3v) is 9.88. The van der Waals surface area contributed by atoms with Gasteiger partial charge in [-0.25, -0.2) is 0 Å². The Morgan fingerprint density at radius 3 is 1.62 bits per heavy atom. The Hall–Kier alpha value is -2.95. The molecule has 0 atom stereocenters. The summed E-state index contributed by atoms with van der Waals surface area (Å²) in [5.74, 6) is 0. The normalized spacial score (nSPS) is 11.2. The average Bonchev–Trinajstić information content (AvgIpc) is 2.80. The van der Waals surface area contributed by atoms with Gasteiger partial charge in [0.2, 0.25) is 0 Å². The molecule has 142 valence electrons. The van der Waals surface area contributed by atoms with Gasteiger partial charge in [-0.2, -0.15) is 0 Å². The second-order valence-electron chi connectivity index (χ2n) is 7.25. The lowest BCUT2D eigenvalue weighted by molar-refractivity contribution is 1.29. The summed E-state index contributed by atoms with van der Waals surface area (Å²) >= 11 is 0. The molecule has 0 heterocycles. The molecule has 0 unspecified atom stereocenters. The van der Waals surface area contributed by atoms with E-state index in [9.17, 15) is 0 Å². The number of rotatable bonds is 7. The summed E-state index contributed by atoms with van der Waals surface area (Å²) in [6.07, 6.45) is 3.91. The molecule has 4 aromatic rings. The van der Waals surface area contributed by atoms with E-state index in [0.717, 1.165) is 12.6 Å². The largest absolute Gasteiger partial charge is 0.116 e. The molecule has 0 aliphatic heterocycles. The van der Waals surface area contributed by atoms with Gasteiger partial charge in [-0.15, -0.1) is 6.58 Å². The van der Waals surface area contributed by atoms with Crippen molar-refractivity contribution in [3.05, 3.63) is 139 Å². The summed E-state index contributed by atoms with van der Waals surface area (Å²) in [5.41, 5.74) is 2.75. The Bertz CT molecular complexity index is 1010. The fourth-order valence-corrected chi connectivity index (χ4v) is 8.64. The van der Waals surface area contributed by atoms with Crippen LogP contribution in [0.4, 0.5) is 0 Å². The Morgan fingerprint density at radius 2 is 1.07 bits per heavy atom. The van der Waals surface area contributed by atoms with Gasteiger partial charge in [0.05, 0.1) is 6.16 Å². The zero-order chi connectivity index (χ0) is 19.9. The van der Waals surface area contributed by atoms with E-state index < -0.39 is 7.26 Å². The van der Waals surface area contributed by atoms with E-state index in [1.807, 2.05) is 6.08 Å². The molecule has 0 radical (unpaired) electrons. The fourth-order valence-electron chi connectivity index (χ4n) is 4.13. The first-order valence-electron chi connectivity index (χ1n) is 10.1. The van der Waals surface area contributed by atoms with Gasteiger partial charge in [-0.05, 0) is 47.9 Å². The van der Waals surface area contributed by atoms with Crippen LogP contribution in [0.25, 0.3) is 0 Å². The van der Waals surface area contributed by atoms with Crippen LogP contribution < -0.4 is 15.9 Å². The van der Waals surface area contributed by atoms with Crippen LogP contribution in [-0.4, -0.2) is 0 Å². The van der Waals surface area contributed by atoms with Crippen molar-refractivity contribution in [2.45, 2.75) is 12.6 Å². The van der Waals surface area contributed by atoms with Crippen molar-refractivity contribution < 1.29 is 0 Å². The molecule has 1 heteroatoms. The fraction of sp³-hybridized carbons (Fsp3) is 0.0714. The van der Waals surface area contributed by atoms with Gasteiger partial charge < -0.3 is 0 Å². The Morgan fingerprint density at radius 1 is 0.586 bits per heavy atom. The molecule has 0 nitrogen and oxygen atoms in total. The van der Waals surface area contributed by atoms with E-state index in [1.165, 1.54) is 27.0 Å². The standard InChI is InChI=1S/C28H26P/c1-2-14-25-17-12-13-22-28(25)29(26-18-8-4-9-19-26,27-20-10-5-11-21-27)23-24-15-6-3-7-16-24/h2-13,15-22H,1,14,23H2/q+1. The summed E-state index contributed by atoms with van der Waals surface area (Å²) in [6, 6.07) is 42.0. The van der Waals surface area contributed by atoms with E-state index >= 15 is 0 Å². The van der Waals surface area contributed by atoms with Crippen LogP contribution in [0.15, 0.2) is 128 Å². The third-order valence-electron chi connectivity index (χ3n) is 5.42. The highest BCUT2D eigenvalue weighted by Gasteiger charge is 2.46. The highest BCUT2D eigenvalue weighted by atomic mass is 31.2. The van der Waals surface area contributed by atoms with Crippen molar-refractivity contribution in [2.24, 2.45) is 0 Å². The maximum absolute atomic E-state index is 4.02. The molecular weight excluding hydrogens is 367 g/mol. The van der Waals surface area contributed by atoms with E-state index in [1.54, 1.807) is 0 Å². The van der Waals surface area contributed by atoms with Crippen molar-refractivity contribution >= 4 is 23.2 Å². The SMILES string of the molecule is C=CCc1ccccc1[P+](Cc1ccccc1)(c1ccccc1)c1ccccc1. The molecule has 0 bridgehead atoms. The molecule has 0 fully saturated rings. The molecule has 0 saturated heterocycles. The van der Waals surface area contributed by atoms with Crippen molar-refractivity contribution in [1.82, 2.24) is 0 Å². The minimum atomic E-state index is -1.89. The number of hydrogen-bond acceptors (Lipinski definition) is 0. The van der Waals surface area contributed by atoms with Crippen molar-refractivity contribution in [3.8, 4) is 0 Å². The highest BCUT2D eigenvalue weighted by Crippen LogP contribution is 2.58. The maximum atomic E-state index is 4.02. The van der Waals surface area contributed by atoms with Crippen LogP contribution in [0.1, 0.15) is 11.1 Å². The van der Waals surface area contributed by atoms with Crippen LogP contribution in [0, 0.1) is 0 Å². The van der Waals surface area contributed by atoms with Crippen LogP contribution in [0.5, 0.6) is 0 Å². The van der Waals surface area contributed by atoms with E-state index in [2.05, 4.69) is 122 Å². The van der Waals surface area contributed by atoms with Crippen LogP contribution in [0.3, 0.4) is 0 Å². The van der Waals surface area contributed by atoms with Crippen LogP contribution in [0.2, 0.25) is 0 Å². The Kier molecular flexibility index (Phi) is 6.03. The molecule has 0 saturated carbocycles. The summed E-state index contributed by atoms with van der Waals surface area (Å²) in [5, 5.41) is 4.30. The van der Waals surface area contributed by atoms with Crippen molar-refractivity contribution in [3.63, 3.8) is 0 Å². The summed E-state index contributed by atoms with van der Waals surface area (Å²) in [6.45, 7) is 4.02. The molecule has 0 aromatic heterocycles. The number of allylic oxidation sites excluding steroid dienone is 1. The molecular formula is C28H26P+.